The van der Waals surface area contributed by atoms with Crippen LogP contribution in [0.1, 0.15) is 6.92 Å². The second-order valence-corrected chi connectivity index (χ2v) is 2.21. The fourth-order valence-electron chi connectivity index (χ4n) is 0.463. The molecule has 1 rings (SSSR count). The molecule has 0 aromatic rings. The predicted octanol–water partition coefficient (Wildman–Crippen LogP) is -0.619. The number of nitrogens with one attached hydrogen (secondary N) is 1. The minimum absolute atomic E-state index is 0.111. The van der Waals surface area contributed by atoms with Crippen molar-refractivity contribution in [2.75, 3.05) is 13.1 Å². The van der Waals surface area contributed by atoms with Gasteiger partial charge in [-0.15, -0.1) is 0 Å². The van der Waals surface area contributed by atoms with Crippen LogP contribution in [-0.4, -0.2) is 35.2 Å². The number of rotatable bonds is 1. The van der Waals surface area contributed by atoms with Crippen molar-refractivity contribution >= 4 is 11.9 Å². The van der Waals surface area contributed by atoms with E-state index in [1.54, 1.807) is 0 Å². The van der Waals surface area contributed by atoms with Gasteiger partial charge in [-0.05, 0) is 0 Å². The molecule has 1 heterocycles. The molecule has 1 aliphatic rings. The summed E-state index contributed by atoms with van der Waals surface area (Å²) in [5, 5.41) is 18.5. The molecule has 11 heavy (non-hydrogen) atoms. The molecule has 0 bridgehead atoms. The van der Waals surface area contributed by atoms with E-state index in [-0.39, 0.29) is 5.92 Å². The lowest BCUT2D eigenvalue weighted by molar-refractivity contribution is -0.143. The molecule has 1 saturated heterocycles. The van der Waals surface area contributed by atoms with Gasteiger partial charge in [0.2, 0.25) is 0 Å². The number of carboxylic acids is 2. The van der Waals surface area contributed by atoms with Crippen LogP contribution in [-0.2, 0) is 9.59 Å². The molecule has 5 nitrogen and oxygen atoms in total. The molecular weight excluding hydrogens is 150 g/mol. The number of hydrogen-bond acceptors (Lipinski definition) is 3. The van der Waals surface area contributed by atoms with Gasteiger partial charge in [-0.2, -0.15) is 0 Å². The summed E-state index contributed by atoms with van der Waals surface area (Å²) in [6, 6.07) is 0. The van der Waals surface area contributed by atoms with Crippen molar-refractivity contribution in [1.82, 2.24) is 5.32 Å². The highest BCUT2D eigenvalue weighted by atomic mass is 16.4. The summed E-state index contributed by atoms with van der Waals surface area (Å²) in [4.78, 5) is 18.9. The summed E-state index contributed by atoms with van der Waals surface area (Å²) in [7, 11) is 0. The van der Waals surface area contributed by atoms with E-state index in [1.807, 2.05) is 0 Å². The first-order chi connectivity index (χ1) is 5.04. The van der Waals surface area contributed by atoms with Crippen LogP contribution in [0.25, 0.3) is 0 Å². The van der Waals surface area contributed by atoms with Gasteiger partial charge in [0.25, 0.3) is 5.97 Å². The molecule has 0 unspecified atom stereocenters. The van der Waals surface area contributed by atoms with Crippen LogP contribution in [0.4, 0.5) is 0 Å². The lowest BCUT2D eigenvalue weighted by Gasteiger charge is -2.21. The zero-order valence-corrected chi connectivity index (χ0v) is 6.20. The Morgan fingerprint density at radius 1 is 1.36 bits per heavy atom. The molecule has 0 radical (unpaired) electrons. The fourth-order valence-corrected chi connectivity index (χ4v) is 0.463. The van der Waals surface area contributed by atoms with Crippen LogP contribution in [0.15, 0.2) is 0 Å². The first kappa shape index (κ1) is 9.90. The van der Waals surface area contributed by atoms with Gasteiger partial charge in [0.05, 0.1) is 5.92 Å². The van der Waals surface area contributed by atoms with E-state index >= 15 is 0 Å². The van der Waals surface area contributed by atoms with E-state index in [1.165, 1.54) is 0 Å². The predicted molar refractivity (Wildman–Crippen MR) is 37.3 cm³/mol. The van der Waals surface area contributed by atoms with Gasteiger partial charge >= 0.3 is 5.97 Å². The molecule has 0 saturated carbocycles. The van der Waals surface area contributed by atoms with Crippen molar-refractivity contribution in [2.24, 2.45) is 5.92 Å². The second kappa shape index (κ2) is 4.68. The Balaban J connectivity index is 0.000000218. The molecule has 0 amide bonds. The maximum absolute atomic E-state index is 9.94. The maximum atomic E-state index is 9.94. The highest BCUT2D eigenvalue weighted by molar-refractivity contribution is 5.71. The van der Waals surface area contributed by atoms with Crippen LogP contribution < -0.4 is 5.32 Å². The lowest BCUT2D eigenvalue weighted by Crippen LogP contribution is -2.46. The summed E-state index contributed by atoms with van der Waals surface area (Å²) in [6.45, 7) is 2.38. The van der Waals surface area contributed by atoms with Crippen molar-refractivity contribution in [3.8, 4) is 0 Å². The third-order valence-electron chi connectivity index (χ3n) is 1.13. The normalized spacial score (nSPS) is 15.7. The van der Waals surface area contributed by atoms with E-state index in [4.69, 9.17) is 15.0 Å². The van der Waals surface area contributed by atoms with Crippen molar-refractivity contribution in [3.05, 3.63) is 0 Å². The van der Waals surface area contributed by atoms with E-state index in [9.17, 15) is 4.79 Å². The number of aliphatic carboxylic acids is 2. The molecular formula is C6H11NO4. The van der Waals surface area contributed by atoms with Gasteiger partial charge in [-0.25, -0.2) is 0 Å². The average molecular weight is 161 g/mol. The lowest BCUT2D eigenvalue weighted by atomic mass is 10.1. The Kier molecular flexibility index (Phi) is 4.21. The Morgan fingerprint density at radius 3 is 1.73 bits per heavy atom. The third-order valence-corrected chi connectivity index (χ3v) is 1.13. The summed E-state index contributed by atoms with van der Waals surface area (Å²) in [5.41, 5.74) is 0. The zero-order chi connectivity index (χ0) is 8.85. The Hall–Kier alpha value is -1.10. The van der Waals surface area contributed by atoms with E-state index in [0.29, 0.717) is 13.1 Å². The number of hydrogen-bond donors (Lipinski definition) is 3. The van der Waals surface area contributed by atoms with Crippen LogP contribution in [0.3, 0.4) is 0 Å². The third kappa shape index (κ3) is 5.35. The first-order valence-electron chi connectivity index (χ1n) is 3.17. The Morgan fingerprint density at radius 2 is 1.73 bits per heavy atom. The largest absolute Gasteiger partial charge is 0.481 e. The van der Waals surface area contributed by atoms with Crippen LogP contribution >= 0.6 is 0 Å². The molecule has 0 aromatic heterocycles. The first-order valence-corrected chi connectivity index (χ1v) is 3.17. The summed E-state index contributed by atoms with van der Waals surface area (Å²) in [6.07, 6.45) is 0. The minimum atomic E-state index is -0.833. The van der Waals surface area contributed by atoms with E-state index in [2.05, 4.69) is 5.32 Å². The maximum Gasteiger partial charge on any atom is 0.309 e. The average Bonchev–Trinajstić information content (AvgIpc) is 1.53. The van der Waals surface area contributed by atoms with Crippen LogP contribution in [0.2, 0.25) is 0 Å². The molecule has 1 fully saturated rings. The minimum Gasteiger partial charge on any atom is -0.481 e. The second-order valence-electron chi connectivity index (χ2n) is 2.21. The standard InChI is InChI=1S/C4H7NO2.C2H4O2/c6-4(7)3-1-5-2-3;1-2(3)4/h3,5H,1-2H2,(H,6,7);1H3,(H,3,4). The number of carbonyl (C=O) groups is 2. The highest BCUT2D eigenvalue weighted by Gasteiger charge is 2.23. The van der Waals surface area contributed by atoms with Gasteiger partial charge in [0.15, 0.2) is 0 Å². The van der Waals surface area contributed by atoms with Crippen molar-refractivity contribution in [1.29, 1.82) is 0 Å². The quantitative estimate of drug-likeness (QED) is 0.477. The van der Waals surface area contributed by atoms with Gasteiger partial charge in [-0.3, -0.25) is 9.59 Å². The molecule has 3 N–H and O–H groups in total. The van der Waals surface area contributed by atoms with E-state index in [0.717, 1.165) is 6.92 Å². The topological polar surface area (TPSA) is 86.6 Å². The zero-order valence-electron chi connectivity index (χ0n) is 6.20. The van der Waals surface area contributed by atoms with E-state index < -0.39 is 11.9 Å². The van der Waals surface area contributed by atoms with Crippen LogP contribution in [0, 0.1) is 5.92 Å². The molecule has 1 aliphatic heterocycles. The molecule has 0 aromatic carbocycles. The SMILES string of the molecule is CC(=O)O.O=C(O)C1CNC1. The smallest absolute Gasteiger partial charge is 0.309 e. The molecule has 0 aliphatic carbocycles. The molecule has 5 heteroatoms. The van der Waals surface area contributed by atoms with Crippen molar-refractivity contribution in [3.63, 3.8) is 0 Å². The Bertz CT molecular complexity index is 149. The summed E-state index contributed by atoms with van der Waals surface area (Å²) < 4.78 is 0. The summed E-state index contributed by atoms with van der Waals surface area (Å²) in [5.74, 6) is -1.63. The van der Waals surface area contributed by atoms with Gasteiger partial charge in [-0.1, -0.05) is 0 Å². The molecule has 0 atom stereocenters. The van der Waals surface area contributed by atoms with Crippen molar-refractivity contribution < 1.29 is 19.8 Å². The molecule has 0 spiro atoms. The van der Waals surface area contributed by atoms with Crippen LogP contribution in [0.5, 0.6) is 0 Å². The highest BCUT2D eigenvalue weighted by Crippen LogP contribution is 2.00. The Labute approximate surface area is 64.0 Å². The van der Waals surface area contributed by atoms with Crippen molar-refractivity contribution in [2.45, 2.75) is 6.92 Å². The fraction of sp³-hybridized carbons (Fsp3) is 0.667. The monoisotopic (exact) mass is 161 g/mol. The van der Waals surface area contributed by atoms with Gasteiger partial charge in [0, 0.05) is 20.0 Å². The molecule has 64 valence electrons. The van der Waals surface area contributed by atoms with Gasteiger partial charge in [0.1, 0.15) is 0 Å². The summed E-state index contributed by atoms with van der Waals surface area (Å²) >= 11 is 0. The number of carboxylic acid groups (broad SMARTS) is 2. The van der Waals surface area contributed by atoms with Gasteiger partial charge < -0.3 is 15.5 Å².